The molecule has 25 aromatic rings. The van der Waals surface area contributed by atoms with Crippen LogP contribution < -0.4 is 0 Å². The first kappa shape index (κ1) is 88.0. The van der Waals surface area contributed by atoms with E-state index in [-0.39, 0.29) is 0 Å². The second-order valence-corrected chi connectivity index (χ2v) is 34.4. The molecule has 19 aromatic carbocycles. The van der Waals surface area contributed by atoms with Crippen molar-refractivity contribution in [2.45, 2.75) is 0 Å². The van der Waals surface area contributed by atoms with Gasteiger partial charge in [-0.25, -0.2) is 74.8 Å². The number of hydrogen-bond acceptors (Lipinski definition) is 16. The Morgan fingerprint density at radius 3 is 0.528 bits per heavy atom. The minimum absolute atomic E-state index is 0.595. The van der Waals surface area contributed by atoms with Gasteiger partial charge in [0.05, 0.1) is 78.9 Å². The van der Waals surface area contributed by atoms with E-state index in [1.165, 1.54) is 21.9 Å². The van der Waals surface area contributed by atoms with Gasteiger partial charge in [-0.05, 0) is 92.7 Å². The summed E-state index contributed by atoms with van der Waals surface area (Å²) in [6, 6.07) is 169. The van der Waals surface area contributed by atoms with Gasteiger partial charge in [-0.2, -0.15) is 5.26 Å². The van der Waals surface area contributed by atoms with Crippen LogP contribution in [0, 0.1) is 11.3 Å². The zero-order chi connectivity index (χ0) is 96.3. The fourth-order valence-electron chi connectivity index (χ4n) is 17.6. The first-order chi connectivity index (χ1) is 71.3. The average Bonchev–Trinajstić information content (AvgIpc) is 0.778. The zero-order valence-electron chi connectivity index (χ0n) is 77.5. The molecule has 0 aliphatic heterocycles. The van der Waals surface area contributed by atoms with Gasteiger partial charge in [-0.1, -0.05) is 449 Å². The highest BCUT2D eigenvalue weighted by Crippen LogP contribution is 2.41. The van der Waals surface area contributed by atoms with Crippen LogP contribution in [-0.2, 0) is 0 Å². The van der Waals surface area contributed by atoms with Crippen LogP contribution in [0.2, 0.25) is 0 Å². The van der Waals surface area contributed by atoms with Gasteiger partial charge in [0.2, 0.25) is 0 Å². The lowest BCUT2D eigenvalue weighted by atomic mass is 9.96. The molecule has 144 heavy (non-hydrogen) atoms. The molecule has 16 heteroatoms. The van der Waals surface area contributed by atoms with Gasteiger partial charge in [-0.15, -0.1) is 0 Å². The van der Waals surface area contributed by atoms with E-state index in [9.17, 15) is 0 Å². The van der Waals surface area contributed by atoms with E-state index < -0.39 is 0 Å². The molecule has 25 rings (SSSR count). The Balaban J connectivity index is 0.000000120. The number of rotatable bonds is 18. The Hall–Kier alpha value is -20.0. The van der Waals surface area contributed by atoms with Crippen LogP contribution in [0.3, 0.4) is 0 Å². The molecular weight excluding hydrogens is 1760 g/mol. The van der Waals surface area contributed by atoms with Crippen LogP contribution in [0.1, 0.15) is 5.56 Å². The molecule has 0 spiro atoms. The van der Waals surface area contributed by atoms with Gasteiger partial charge in [0.15, 0.2) is 52.4 Å². The van der Waals surface area contributed by atoms with E-state index in [0.29, 0.717) is 58.0 Å². The number of nitriles is 1. The molecule has 0 aliphatic carbocycles. The van der Waals surface area contributed by atoms with Crippen LogP contribution in [0.4, 0.5) is 0 Å². The molecule has 16 nitrogen and oxygen atoms in total. The molecule has 0 radical (unpaired) electrons. The van der Waals surface area contributed by atoms with E-state index >= 15 is 0 Å². The molecule has 0 amide bonds. The number of nitrogens with zero attached hydrogens (tertiary/aromatic N) is 16. The molecule has 0 saturated carbocycles. The fourth-order valence-corrected chi connectivity index (χ4v) is 17.6. The lowest BCUT2D eigenvalue weighted by molar-refractivity contribution is 1.07. The first-order valence-corrected chi connectivity index (χ1v) is 47.4. The minimum Gasteiger partial charge on any atom is -0.244 e. The van der Waals surface area contributed by atoms with Crippen molar-refractivity contribution < 1.29 is 0 Å². The topological polar surface area (TPSA) is 217 Å². The van der Waals surface area contributed by atoms with Gasteiger partial charge in [-0.3, -0.25) is 0 Å². The maximum Gasteiger partial charge on any atom is 0.164 e. The molecule has 0 bridgehead atoms. The monoisotopic (exact) mass is 1840 g/mol. The Kier molecular flexibility index (Phi) is 24.6. The summed E-state index contributed by atoms with van der Waals surface area (Å²) in [5, 5.41) is 11.6. The van der Waals surface area contributed by atoms with Crippen LogP contribution in [0.15, 0.2) is 497 Å². The largest absolute Gasteiger partial charge is 0.244 e. The Labute approximate surface area is 830 Å². The lowest BCUT2D eigenvalue weighted by Gasteiger charge is -2.13. The second kappa shape index (κ2) is 40.3. The highest BCUT2D eigenvalue weighted by Gasteiger charge is 2.23. The van der Waals surface area contributed by atoms with Crippen molar-refractivity contribution in [1.82, 2.24) is 74.8 Å². The first-order valence-electron chi connectivity index (χ1n) is 47.4. The third-order valence-electron chi connectivity index (χ3n) is 25.1. The van der Waals surface area contributed by atoms with Gasteiger partial charge >= 0.3 is 0 Å². The van der Waals surface area contributed by atoms with Gasteiger partial charge in [0, 0.05) is 83.5 Å². The highest BCUT2D eigenvalue weighted by atomic mass is 15.1. The van der Waals surface area contributed by atoms with Crippen molar-refractivity contribution in [2.24, 2.45) is 0 Å². The molecular formula is C128H82N16. The molecule has 6 heterocycles. The maximum atomic E-state index is 9.17. The molecule has 0 atom stereocenters. The standard InChI is InChI=1S/C45H29N5.C42H26N6.C41H27N5/c1-3-13-34(14-4-1)43-48-44(35-15-5-2-6-16-35)50-45(49-43)36-28-26-33(27-29-36)42-41(46-39-20-9-10-21-40(39)47-42)32-24-22-31(23-25-32)38-19-11-17-30-12-7-8-18-37(30)38;43-27-28-15-17-29(18-16-28)30-19-21-31(22-20-30)38-39(45-37-14-8-7-13-36(37)44-38)32-23-25-35(26-24-32)42-47-40(33-9-3-1-4-10-33)46-41(48-42)34-11-5-2-6-12-34;1-4-12-28(13-5-1)29-20-22-30(23-21-29)37-38(43-36-19-11-10-18-35(36)42-37)31-24-26-34(27-25-31)41-45-39(32-14-6-2-7-15-32)44-40(46-41)33-16-8-3-9-17-33/h1-29H;1-26H;1-27H. The quantitative estimate of drug-likeness (QED) is 0.0780. The average molecular weight is 1840 g/mol. The summed E-state index contributed by atoms with van der Waals surface area (Å²) in [5.74, 6) is 5.59. The van der Waals surface area contributed by atoms with Crippen molar-refractivity contribution >= 4 is 43.9 Å². The smallest absolute Gasteiger partial charge is 0.164 e. The van der Waals surface area contributed by atoms with Gasteiger partial charge in [0.1, 0.15) is 0 Å². The third kappa shape index (κ3) is 19.1. The summed E-state index contributed by atoms with van der Waals surface area (Å²) in [4.78, 5) is 74.5. The van der Waals surface area contributed by atoms with E-state index in [4.69, 9.17) is 80.0 Å². The second-order valence-electron chi connectivity index (χ2n) is 34.4. The molecule has 0 unspecified atom stereocenters. The van der Waals surface area contributed by atoms with Crippen LogP contribution in [0.25, 0.3) is 247 Å². The van der Waals surface area contributed by atoms with Crippen molar-refractivity contribution in [3.05, 3.63) is 503 Å². The molecule has 0 fully saturated rings. The van der Waals surface area contributed by atoms with Crippen molar-refractivity contribution in [3.8, 4) is 209 Å². The third-order valence-corrected chi connectivity index (χ3v) is 25.1. The van der Waals surface area contributed by atoms with Gasteiger partial charge < -0.3 is 0 Å². The van der Waals surface area contributed by atoms with E-state index in [0.717, 1.165) is 173 Å². The minimum atomic E-state index is 0.595. The van der Waals surface area contributed by atoms with Crippen LogP contribution >= 0.6 is 0 Å². The summed E-state index contributed by atoms with van der Waals surface area (Å²) in [5.41, 5.74) is 31.5. The highest BCUT2D eigenvalue weighted by molar-refractivity contribution is 5.98. The molecule has 0 N–H and O–H groups in total. The summed E-state index contributed by atoms with van der Waals surface area (Å²) in [6.07, 6.45) is 0. The predicted molar refractivity (Wildman–Crippen MR) is 579 cm³/mol. The number of aromatic nitrogens is 15. The molecule has 0 aliphatic rings. The van der Waals surface area contributed by atoms with Crippen LogP contribution in [0.5, 0.6) is 0 Å². The van der Waals surface area contributed by atoms with Crippen molar-refractivity contribution in [3.63, 3.8) is 0 Å². The van der Waals surface area contributed by atoms with E-state index in [1.807, 2.05) is 309 Å². The Morgan fingerprint density at radius 2 is 0.292 bits per heavy atom. The lowest BCUT2D eigenvalue weighted by Crippen LogP contribution is -2.00. The number of fused-ring (bicyclic) bond motifs is 4. The van der Waals surface area contributed by atoms with Gasteiger partial charge in [0.25, 0.3) is 0 Å². The van der Waals surface area contributed by atoms with Crippen molar-refractivity contribution in [2.75, 3.05) is 0 Å². The summed E-state index contributed by atoms with van der Waals surface area (Å²) in [6.45, 7) is 0. The summed E-state index contributed by atoms with van der Waals surface area (Å²) in [7, 11) is 0. The number of para-hydroxylation sites is 6. The molecule has 6 aromatic heterocycles. The van der Waals surface area contributed by atoms with Crippen LogP contribution in [-0.4, -0.2) is 74.8 Å². The Morgan fingerprint density at radius 1 is 0.125 bits per heavy atom. The molecule has 0 saturated heterocycles. The predicted octanol–water partition coefficient (Wildman–Crippen LogP) is 30.5. The SMILES string of the molecule is N#Cc1ccc(-c2ccc(-c3nc4ccccc4nc3-c3ccc(-c4nc(-c5ccccc5)nc(-c5ccccc5)n4)cc3)cc2)cc1.c1ccc(-c2ccc(-c3nc4ccccc4nc3-c3ccc(-c4nc(-c5ccccc5)nc(-c5ccccc5)n4)cc3)cc2)cc1.c1ccc(-c2nc(-c3ccccc3)nc(-c3ccc(-c4nc5ccccc5nc4-c4ccc(-c5cccc6ccccc56)cc4)cc3)n2)cc1. The number of hydrogen-bond donors (Lipinski definition) is 0. The fraction of sp³-hybridized carbons (Fsp3) is 0. The number of benzene rings is 19. The maximum absolute atomic E-state index is 9.17. The van der Waals surface area contributed by atoms with Crippen molar-refractivity contribution in [1.29, 1.82) is 5.26 Å². The normalized spacial score (nSPS) is 11.0. The summed E-state index contributed by atoms with van der Waals surface area (Å²) < 4.78 is 0. The van der Waals surface area contributed by atoms with E-state index in [1.54, 1.807) is 0 Å². The van der Waals surface area contributed by atoms with E-state index in [2.05, 4.69) is 194 Å². The zero-order valence-corrected chi connectivity index (χ0v) is 77.5. The Bertz CT molecular complexity index is 8800. The molecule has 674 valence electrons. The summed E-state index contributed by atoms with van der Waals surface area (Å²) >= 11 is 0.